The highest BCUT2D eigenvalue weighted by atomic mass is 32.2. The molecular formula is C10H15FN2O4S2. The maximum Gasteiger partial charge on any atom is 0.235 e. The maximum atomic E-state index is 13.4. The van der Waals surface area contributed by atoms with Gasteiger partial charge < -0.3 is 0 Å². The van der Waals surface area contributed by atoms with E-state index in [1.807, 2.05) is 4.72 Å². The van der Waals surface area contributed by atoms with Crippen LogP contribution in [0.4, 0.5) is 15.8 Å². The molecule has 0 saturated carbocycles. The fourth-order valence-corrected chi connectivity index (χ4v) is 2.40. The summed E-state index contributed by atoms with van der Waals surface area (Å²) in [4.78, 5) is 0. The molecule has 0 saturated heterocycles. The second-order valence-electron chi connectivity index (χ2n) is 4.26. The summed E-state index contributed by atoms with van der Waals surface area (Å²) in [5.74, 6) is -0.794. The number of hydrogen-bond acceptors (Lipinski definition) is 4. The van der Waals surface area contributed by atoms with Crippen molar-refractivity contribution >= 4 is 31.4 Å². The highest BCUT2D eigenvalue weighted by molar-refractivity contribution is 7.93. The second kappa shape index (κ2) is 5.33. The minimum absolute atomic E-state index is 0.0845. The first-order valence-electron chi connectivity index (χ1n) is 5.30. The van der Waals surface area contributed by atoms with Gasteiger partial charge in [-0.25, -0.2) is 21.2 Å². The molecule has 19 heavy (non-hydrogen) atoms. The Morgan fingerprint density at radius 3 is 2.16 bits per heavy atom. The van der Waals surface area contributed by atoms with E-state index >= 15 is 0 Å². The van der Waals surface area contributed by atoms with Crippen LogP contribution in [-0.2, 0) is 20.0 Å². The van der Waals surface area contributed by atoms with Crippen molar-refractivity contribution in [3.05, 3.63) is 24.0 Å². The summed E-state index contributed by atoms with van der Waals surface area (Å²) in [6.07, 6.45) is 0.872. The predicted molar refractivity (Wildman–Crippen MR) is 72.5 cm³/mol. The molecule has 0 aromatic heterocycles. The van der Waals surface area contributed by atoms with E-state index in [9.17, 15) is 21.2 Å². The Labute approximate surface area is 112 Å². The van der Waals surface area contributed by atoms with E-state index < -0.39 is 31.1 Å². The van der Waals surface area contributed by atoms with Crippen molar-refractivity contribution in [3.8, 4) is 0 Å². The van der Waals surface area contributed by atoms with Crippen LogP contribution in [0.25, 0.3) is 0 Å². The summed E-state index contributed by atoms with van der Waals surface area (Å²) in [5, 5.41) is -0.663. The molecule has 0 amide bonds. The Morgan fingerprint density at radius 2 is 1.68 bits per heavy atom. The fourth-order valence-electron chi connectivity index (χ4n) is 1.15. The van der Waals surface area contributed by atoms with Crippen LogP contribution in [0.3, 0.4) is 0 Å². The summed E-state index contributed by atoms with van der Waals surface area (Å²) < 4.78 is 63.0. The molecular weight excluding hydrogens is 295 g/mol. The molecule has 1 aromatic carbocycles. The van der Waals surface area contributed by atoms with Gasteiger partial charge in [-0.1, -0.05) is 0 Å². The summed E-state index contributed by atoms with van der Waals surface area (Å²) in [7, 11) is -7.22. The van der Waals surface area contributed by atoms with Crippen LogP contribution in [0.2, 0.25) is 0 Å². The largest absolute Gasteiger partial charge is 0.283 e. The first-order valence-corrected chi connectivity index (χ1v) is 8.74. The molecule has 0 spiro atoms. The molecule has 0 atom stereocenters. The average Bonchev–Trinajstić information content (AvgIpc) is 2.20. The molecule has 0 fully saturated rings. The first kappa shape index (κ1) is 15.7. The fraction of sp³-hybridized carbons (Fsp3) is 0.400. The van der Waals surface area contributed by atoms with E-state index in [0.717, 1.165) is 18.4 Å². The van der Waals surface area contributed by atoms with Crippen LogP contribution < -0.4 is 9.44 Å². The van der Waals surface area contributed by atoms with E-state index in [4.69, 9.17) is 0 Å². The highest BCUT2D eigenvalue weighted by Crippen LogP contribution is 2.22. The van der Waals surface area contributed by atoms with Crippen molar-refractivity contribution in [2.75, 3.05) is 15.7 Å². The molecule has 1 rings (SSSR count). The van der Waals surface area contributed by atoms with Gasteiger partial charge in [0.1, 0.15) is 5.82 Å². The molecule has 0 aliphatic rings. The number of nitrogens with one attached hydrogen (secondary N) is 2. The lowest BCUT2D eigenvalue weighted by Gasteiger charge is -2.12. The lowest BCUT2D eigenvalue weighted by molar-refractivity contribution is 0.592. The normalized spacial score (nSPS) is 12.5. The maximum absolute atomic E-state index is 13.4. The monoisotopic (exact) mass is 310 g/mol. The number of halogens is 1. The SMILES string of the molecule is CC(C)S(=O)(=O)Nc1ccc(F)c(NS(C)(=O)=O)c1. The zero-order valence-electron chi connectivity index (χ0n) is 10.6. The summed E-state index contributed by atoms with van der Waals surface area (Å²) >= 11 is 0. The summed E-state index contributed by atoms with van der Waals surface area (Å²) in [6.45, 7) is 2.98. The molecule has 6 nitrogen and oxygen atoms in total. The zero-order chi connectivity index (χ0) is 14.8. The molecule has 0 aliphatic heterocycles. The second-order valence-corrected chi connectivity index (χ2v) is 8.25. The Hall–Kier alpha value is -1.35. The quantitative estimate of drug-likeness (QED) is 0.858. The van der Waals surface area contributed by atoms with Gasteiger partial charge in [-0.05, 0) is 32.0 Å². The third-order valence-corrected chi connectivity index (χ3v) is 4.49. The molecule has 0 bridgehead atoms. The Balaban J connectivity index is 3.10. The van der Waals surface area contributed by atoms with Gasteiger partial charge in [-0.2, -0.15) is 0 Å². The Bertz CT molecular complexity index is 669. The van der Waals surface area contributed by atoms with E-state index in [0.29, 0.717) is 0 Å². The molecule has 1 aromatic rings. The minimum atomic E-state index is -3.64. The van der Waals surface area contributed by atoms with Gasteiger partial charge in [0.05, 0.1) is 22.9 Å². The van der Waals surface area contributed by atoms with E-state index in [1.165, 1.54) is 19.9 Å². The van der Waals surface area contributed by atoms with Crippen molar-refractivity contribution in [1.82, 2.24) is 0 Å². The van der Waals surface area contributed by atoms with Gasteiger partial charge in [0, 0.05) is 0 Å². The Morgan fingerprint density at radius 1 is 1.11 bits per heavy atom. The van der Waals surface area contributed by atoms with Gasteiger partial charge in [0.15, 0.2) is 0 Å². The van der Waals surface area contributed by atoms with Gasteiger partial charge >= 0.3 is 0 Å². The van der Waals surface area contributed by atoms with Crippen molar-refractivity contribution in [2.45, 2.75) is 19.1 Å². The van der Waals surface area contributed by atoms with Gasteiger partial charge in [0.2, 0.25) is 20.0 Å². The van der Waals surface area contributed by atoms with Crippen LogP contribution in [-0.4, -0.2) is 28.3 Å². The molecule has 0 heterocycles. The van der Waals surface area contributed by atoms with E-state index in [2.05, 4.69) is 4.72 Å². The number of benzene rings is 1. The van der Waals surface area contributed by atoms with Crippen LogP contribution >= 0.6 is 0 Å². The topological polar surface area (TPSA) is 92.3 Å². The molecule has 0 radical (unpaired) electrons. The third-order valence-electron chi connectivity index (χ3n) is 2.14. The van der Waals surface area contributed by atoms with E-state index in [-0.39, 0.29) is 11.4 Å². The van der Waals surface area contributed by atoms with Gasteiger partial charge in [-0.3, -0.25) is 9.44 Å². The lowest BCUT2D eigenvalue weighted by atomic mass is 10.3. The molecule has 9 heteroatoms. The molecule has 108 valence electrons. The van der Waals surface area contributed by atoms with Crippen molar-refractivity contribution in [3.63, 3.8) is 0 Å². The van der Waals surface area contributed by atoms with E-state index in [1.54, 1.807) is 0 Å². The van der Waals surface area contributed by atoms with Crippen LogP contribution in [0.1, 0.15) is 13.8 Å². The lowest BCUT2D eigenvalue weighted by Crippen LogP contribution is -2.22. The van der Waals surface area contributed by atoms with Crippen molar-refractivity contribution < 1.29 is 21.2 Å². The molecule has 0 unspecified atom stereocenters. The smallest absolute Gasteiger partial charge is 0.235 e. The molecule has 0 aliphatic carbocycles. The highest BCUT2D eigenvalue weighted by Gasteiger charge is 2.17. The number of sulfonamides is 2. The predicted octanol–water partition coefficient (Wildman–Crippen LogP) is 1.35. The summed E-state index contributed by atoms with van der Waals surface area (Å²) in [6, 6.07) is 3.27. The molecule has 2 N–H and O–H groups in total. The first-order chi connectivity index (χ1) is 8.51. The van der Waals surface area contributed by atoms with Crippen LogP contribution in [0, 0.1) is 5.82 Å². The van der Waals surface area contributed by atoms with Gasteiger partial charge in [0.25, 0.3) is 0 Å². The van der Waals surface area contributed by atoms with Crippen molar-refractivity contribution in [2.24, 2.45) is 0 Å². The summed E-state index contributed by atoms with van der Waals surface area (Å²) in [5.41, 5.74) is -0.229. The van der Waals surface area contributed by atoms with Gasteiger partial charge in [-0.15, -0.1) is 0 Å². The standard InChI is InChI=1S/C10H15FN2O4S2/c1-7(2)19(16,17)12-8-4-5-9(11)10(6-8)13-18(3,14)15/h4-7,12-13H,1-3H3. The minimum Gasteiger partial charge on any atom is -0.283 e. The van der Waals surface area contributed by atoms with Crippen molar-refractivity contribution in [1.29, 1.82) is 0 Å². The van der Waals surface area contributed by atoms with Crippen LogP contribution in [0.15, 0.2) is 18.2 Å². The number of hydrogen-bond donors (Lipinski definition) is 2. The Kier molecular flexibility index (Phi) is 4.41. The number of anilines is 2. The average molecular weight is 310 g/mol. The van der Waals surface area contributed by atoms with Crippen LogP contribution in [0.5, 0.6) is 0 Å². The number of rotatable bonds is 5. The third kappa shape index (κ3) is 4.67. The zero-order valence-corrected chi connectivity index (χ0v) is 12.3.